The van der Waals surface area contributed by atoms with Crippen molar-refractivity contribution >= 4 is 16.3 Å². The van der Waals surface area contributed by atoms with Crippen LogP contribution in [0.2, 0.25) is 0 Å². The minimum absolute atomic E-state index is 0.300. The molecule has 0 heterocycles. The highest BCUT2D eigenvalue weighted by molar-refractivity contribution is 8.30. The van der Waals surface area contributed by atoms with Gasteiger partial charge in [-0.15, -0.1) is 0 Å². The average molecular weight is 395 g/mol. The van der Waals surface area contributed by atoms with Gasteiger partial charge in [0.25, 0.3) is 0 Å². The standard InChI is InChI=1S/C24H26O3S/c1-3-4-19-26-21-15-17-24(18-16-21)28(27-20(2)25,22-11-7-5-8-12-22)23-13-9-6-10-14-23/h5-18H,3-4,19H2,1-2H3. The fourth-order valence-electron chi connectivity index (χ4n) is 3.01. The Balaban J connectivity index is 2.11. The molecule has 3 rings (SSSR count). The Hall–Kier alpha value is -2.72. The zero-order valence-electron chi connectivity index (χ0n) is 16.3. The van der Waals surface area contributed by atoms with Crippen LogP contribution in [0, 0.1) is 0 Å². The van der Waals surface area contributed by atoms with Crippen LogP contribution in [0.25, 0.3) is 0 Å². The molecule has 0 aromatic heterocycles. The Morgan fingerprint density at radius 3 is 1.75 bits per heavy atom. The molecular formula is C24H26O3S. The summed E-state index contributed by atoms with van der Waals surface area (Å²) in [5.41, 5.74) is 0. The SMILES string of the molecule is CCCCOc1ccc(S(OC(C)=O)(c2ccccc2)c2ccccc2)cc1. The third-order valence-corrected chi connectivity index (χ3v) is 7.61. The first-order chi connectivity index (χ1) is 13.7. The number of ether oxygens (including phenoxy) is 1. The van der Waals surface area contributed by atoms with Gasteiger partial charge in [0.1, 0.15) is 5.75 Å². The minimum atomic E-state index is -2.18. The molecule has 0 unspecified atom stereocenters. The largest absolute Gasteiger partial charge is 0.494 e. The molecule has 0 aliphatic heterocycles. The van der Waals surface area contributed by atoms with Crippen molar-refractivity contribution < 1.29 is 13.7 Å². The van der Waals surface area contributed by atoms with Crippen molar-refractivity contribution in [3.63, 3.8) is 0 Å². The zero-order chi connectivity index (χ0) is 19.8. The number of benzene rings is 3. The summed E-state index contributed by atoms with van der Waals surface area (Å²) in [7, 11) is -2.18. The molecule has 0 saturated heterocycles. The summed E-state index contributed by atoms with van der Waals surface area (Å²) in [6.07, 6.45) is 2.12. The lowest BCUT2D eigenvalue weighted by Gasteiger charge is -2.39. The molecule has 0 aliphatic carbocycles. The van der Waals surface area contributed by atoms with Crippen LogP contribution in [0.1, 0.15) is 26.7 Å². The van der Waals surface area contributed by atoms with Crippen molar-refractivity contribution in [2.24, 2.45) is 0 Å². The van der Waals surface area contributed by atoms with E-state index in [9.17, 15) is 4.79 Å². The summed E-state index contributed by atoms with van der Waals surface area (Å²) in [4.78, 5) is 15.1. The van der Waals surface area contributed by atoms with E-state index in [-0.39, 0.29) is 5.97 Å². The van der Waals surface area contributed by atoms with Gasteiger partial charge in [-0.1, -0.05) is 49.7 Å². The molecule has 0 radical (unpaired) electrons. The van der Waals surface area contributed by atoms with Gasteiger partial charge >= 0.3 is 5.97 Å². The van der Waals surface area contributed by atoms with Crippen molar-refractivity contribution in [1.29, 1.82) is 0 Å². The average Bonchev–Trinajstić information content (AvgIpc) is 2.74. The second kappa shape index (κ2) is 9.47. The highest BCUT2D eigenvalue weighted by atomic mass is 32.3. The van der Waals surface area contributed by atoms with E-state index < -0.39 is 10.3 Å². The van der Waals surface area contributed by atoms with E-state index in [4.69, 9.17) is 8.92 Å². The summed E-state index contributed by atoms with van der Waals surface area (Å²) in [6, 6.07) is 27.9. The van der Waals surface area contributed by atoms with Gasteiger partial charge in [-0.3, -0.25) is 4.79 Å². The zero-order valence-corrected chi connectivity index (χ0v) is 17.2. The molecule has 146 valence electrons. The lowest BCUT2D eigenvalue weighted by Crippen LogP contribution is -2.11. The maximum absolute atomic E-state index is 12.2. The maximum atomic E-state index is 12.2. The molecule has 0 fully saturated rings. The normalized spacial score (nSPS) is 11.6. The Bertz CT molecular complexity index is 837. The molecule has 0 bridgehead atoms. The third-order valence-electron chi connectivity index (χ3n) is 4.31. The minimum Gasteiger partial charge on any atom is -0.494 e. The van der Waals surface area contributed by atoms with Gasteiger partial charge in [-0.25, -0.2) is 0 Å². The highest BCUT2D eigenvalue weighted by Crippen LogP contribution is 2.69. The summed E-state index contributed by atoms with van der Waals surface area (Å²) < 4.78 is 11.9. The molecule has 0 amide bonds. The van der Waals surface area contributed by atoms with E-state index in [0.29, 0.717) is 6.61 Å². The first-order valence-electron chi connectivity index (χ1n) is 9.53. The molecule has 0 spiro atoms. The predicted octanol–water partition coefficient (Wildman–Crippen LogP) is 6.63. The van der Waals surface area contributed by atoms with E-state index in [1.165, 1.54) is 6.92 Å². The first-order valence-corrected chi connectivity index (χ1v) is 11.1. The van der Waals surface area contributed by atoms with Crippen LogP contribution in [-0.2, 0) is 8.98 Å². The Kier molecular flexibility index (Phi) is 6.77. The molecule has 0 N–H and O–H groups in total. The van der Waals surface area contributed by atoms with Crippen LogP contribution in [0.15, 0.2) is 99.6 Å². The predicted molar refractivity (Wildman–Crippen MR) is 114 cm³/mol. The van der Waals surface area contributed by atoms with Gasteiger partial charge in [0.2, 0.25) is 0 Å². The van der Waals surface area contributed by atoms with E-state index in [1.54, 1.807) is 0 Å². The van der Waals surface area contributed by atoms with Gasteiger partial charge in [-0.05, 0) is 65.3 Å². The number of hydrogen-bond acceptors (Lipinski definition) is 3. The van der Waals surface area contributed by atoms with Gasteiger partial charge < -0.3 is 8.92 Å². The van der Waals surface area contributed by atoms with Crippen molar-refractivity contribution in [3.05, 3.63) is 84.9 Å². The molecule has 0 saturated carbocycles. The third kappa shape index (κ3) is 4.39. The summed E-state index contributed by atoms with van der Waals surface area (Å²) in [6.45, 7) is 4.31. The van der Waals surface area contributed by atoms with Gasteiger partial charge in [0.15, 0.2) is 0 Å². The summed E-state index contributed by atoms with van der Waals surface area (Å²) >= 11 is 0. The van der Waals surface area contributed by atoms with Gasteiger partial charge in [-0.2, -0.15) is 0 Å². The molecule has 0 aliphatic rings. The van der Waals surface area contributed by atoms with Crippen molar-refractivity contribution in [2.75, 3.05) is 6.61 Å². The number of hydrogen-bond donors (Lipinski definition) is 0. The number of unbranched alkanes of at least 4 members (excludes halogenated alkanes) is 1. The van der Waals surface area contributed by atoms with Crippen LogP contribution >= 0.6 is 10.3 Å². The molecule has 3 aromatic carbocycles. The molecule has 28 heavy (non-hydrogen) atoms. The van der Waals surface area contributed by atoms with Crippen LogP contribution < -0.4 is 4.74 Å². The van der Waals surface area contributed by atoms with Crippen LogP contribution in [0.3, 0.4) is 0 Å². The maximum Gasteiger partial charge on any atom is 0.313 e. The molecule has 4 heteroatoms. The van der Waals surface area contributed by atoms with E-state index in [1.807, 2.05) is 84.9 Å². The Labute approximate surface area is 168 Å². The van der Waals surface area contributed by atoms with Crippen LogP contribution in [-0.4, -0.2) is 12.6 Å². The number of carbonyl (C=O) groups excluding carboxylic acids is 1. The fourth-order valence-corrected chi connectivity index (χ4v) is 6.07. The monoisotopic (exact) mass is 394 g/mol. The van der Waals surface area contributed by atoms with E-state index >= 15 is 0 Å². The Morgan fingerprint density at radius 1 is 0.786 bits per heavy atom. The van der Waals surface area contributed by atoms with Crippen molar-refractivity contribution in [2.45, 2.75) is 41.4 Å². The van der Waals surface area contributed by atoms with Crippen molar-refractivity contribution in [3.8, 4) is 5.75 Å². The fraction of sp³-hybridized carbons (Fsp3) is 0.208. The molecule has 0 atom stereocenters. The molecular weight excluding hydrogens is 368 g/mol. The van der Waals surface area contributed by atoms with E-state index in [0.717, 1.165) is 33.3 Å². The van der Waals surface area contributed by atoms with Crippen molar-refractivity contribution in [1.82, 2.24) is 0 Å². The molecule has 3 nitrogen and oxygen atoms in total. The number of rotatable bonds is 8. The first kappa shape index (κ1) is 20.0. The van der Waals surface area contributed by atoms with Crippen LogP contribution in [0.4, 0.5) is 0 Å². The van der Waals surface area contributed by atoms with Crippen LogP contribution in [0.5, 0.6) is 5.75 Å². The van der Waals surface area contributed by atoms with E-state index in [2.05, 4.69) is 6.92 Å². The second-order valence-electron chi connectivity index (χ2n) is 6.43. The number of carbonyl (C=O) groups is 1. The smallest absolute Gasteiger partial charge is 0.313 e. The highest BCUT2D eigenvalue weighted by Gasteiger charge is 2.34. The quantitative estimate of drug-likeness (QED) is 0.402. The Morgan fingerprint density at radius 2 is 1.29 bits per heavy atom. The van der Waals surface area contributed by atoms with Gasteiger partial charge in [0, 0.05) is 21.6 Å². The lowest BCUT2D eigenvalue weighted by molar-refractivity contribution is -0.131. The molecule has 3 aromatic rings. The van der Waals surface area contributed by atoms with Gasteiger partial charge in [0.05, 0.1) is 6.61 Å². The summed E-state index contributed by atoms with van der Waals surface area (Å²) in [5, 5.41) is 0. The summed E-state index contributed by atoms with van der Waals surface area (Å²) in [5.74, 6) is 0.528. The second-order valence-corrected chi connectivity index (χ2v) is 9.12. The topological polar surface area (TPSA) is 35.5 Å². The lowest BCUT2D eigenvalue weighted by atomic mass is 10.3.